The molecule has 0 fully saturated rings. The summed E-state index contributed by atoms with van der Waals surface area (Å²) < 4.78 is 13.6. The lowest BCUT2D eigenvalue weighted by Crippen LogP contribution is -2.13. The zero-order valence-corrected chi connectivity index (χ0v) is 12.1. The van der Waals surface area contributed by atoms with Gasteiger partial charge in [-0.05, 0) is 34.1 Å². The molecule has 0 unspecified atom stereocenters. The van der Waals surface area contributed by atoms with E-state index in [4.69, 9.17) is 0 Å². The van der Waals surface area contributed by atoms with Crippen LogP contribution < -0.4 is 5.32 Å². The minimum Gasteiger partial charge on any atom is -0.298 e. The van der Waals surface area contributed by atoms with Gasteiger partial charge in [-0.1, -0.05) is 0 Å². The molecule has 1 amide bonds. The normalized spacial score (nSPS) is 10.3. The molecule has 1 N–H and O–H groups in total. The standard InChI is InChI=1S/C12H8BrFN2O2S/c1-6(17)10-5-19-12(15-10)16-11(18)8-4-7(14)2-3-9(8)13/h2-5H,1H3,(H,15,16,18). The zero-order valence-electron chi connectivity index (χ0n) is 9.74. The van der Waals surface area contributed by atoms with E-state index < -0.39 is 11.7 Å². The van der Waals surface area contributed by atoms with Crippen LogP contribution in [0.25, 0.3) is 0 Å². The Kier molecular flexibility index (Phi) is 4.06. The molecule has 0 aliphatic heterocycles. The number of hydrogen-bond acceptors (Lipinski definition) is 4. The molecule has 0 bridgehead atoms. The van der Waals surface area contributed by atoms with Crippen molar-refractivity contribution in [2.75, 3.05) is 5.32 Å². The first-order chi connectivity index (χ1) is 8.97. The molecule has 7 heteroatoms. The van der Waals surface area contributed by atoms with Crippen LogP contribution in [0.15, 0.2) is 28.1 Å². The molecule has 0 aliphatic rings. The lowest BCUT2D eigenvalue weighted by molar-refractivity contribution is 0.100. The van der Waals surface area contributed by atoms with E-state index in [1.54, 1.807) is 5.38 Å². The van der Waals surface area contributed by atoms with Gasteiger partial charge < -0.3 is 0 Å². The highest BCUT2D eigenvalue weighted by molar-refractivity contribution is 9.10. The summed E-state index contributed by atoms with van der Waals surface area (Å²) in [5.41, 5.74) is 0.457. The topological polar surface area (TPSA) is 59.1 Å². The molecular weight excluding hydrogens is 335 g/mol. The van der Waals surface area contributed by atoms with Gasteiger partial charge in [0.15, 0.2) is 10.9 Å². The number of nitrogens with one attached hydrogen (secondary N) is 1. The van der Waals surface area contributed by atoms with Gasteiger partial charge in [0.05, 0.1) is 5.56 Å². The first-order valence-electron chi connectivity index (χ1n) is 5.20. The van der Waals surface area contributed by atoms with Crippen LogP contribution in [0.1, 0.15) is 27.8 Å². The molecule has 0 spiro atoms. The Morgan fingerprint density at radius 3 is 2.79 bits per heavy atom. The molecule has 19 heavy (non-hydrogen) atoms. The van der Waals surface area contributed by atoms with Gasteiger partial charge in [0, 0.05) is 16.8 Å². The molecular formula is C12H8BrFN2O2S. The molecule has 0 saturated carbocycles. The number of amides is 1. The number of ketones is 1. The van der Waals surface area contributed by atoms with Crippen LogP contribution in [0.5, 0.6) is 0 Å². The molecule has 0 aliphatic carbocycles. The van der Waals surface area contributed by atoms with Gasteiger partial charge >= 0.3 is 0 Å². The van der Waals surface area contributed by atoms with Gasteiger partial charge in [-0.2, -0.15) is 0 Å². The van der Waals surface area contributed by atoms with E-state index in [1.807, 2.05) is 0 Å². The molecule has 0 atom stereocenters. The molecule has 1 aromatic carbocycles. The third-order valence-electron chi connectivity index (χ3n) is 2.26. The largest absolute Gasteiger partial charge is 0.298 e. The van der Waals surface area contributed by atoms with Crippen molar-refractivity contribution >= 4 is 44.1 Å². The van der Waals surface area contributed by atoms with Crippen LogP contribution in [0, 0.1) is 5.82 Å². The van der Waals surface area contributed by atoms with E-state index in [2.05, 4.69) is 26.2 Å². The Morgan fingerprint density at radius 1 is 1.42 bits per heavy atom. The average Bonchev–Trinajstić information content (AvgIpc) is 2.80. The second-order valence-electron chi connectivity index (χ2n) is 3.67. The molecule has 1 aromatic heterocycles. The zero-order chi connectivity index (χ0) is 14.0. The van der Waals surface area contributed by atoms with Crippen LogP contribution in [-0.2, 0) is 0 Å². The number of carbonyl (C=O) groups excluding carboxylic acids is 2. The lowest BCUT2D eigenvalue weighted by atomic mass is 10.2. The number of carbonyl (C=O) groups is 2. The second-order valence-corrected chi connectivity index (χ2v) is 5.38. The highest BCUT2D eigenvalue weighted by Crippen LogP contribution is 2.21. The molecule has 0 radical (unpaired) electrons. The van der Waals surface area contributed by atoms with Gasteiger partial charge in [-0.3, -0.25) is 14.9 Å². The Balaban J connectivity index is 2.20. The fourth-order valence-electron chi connectivity index (χ4n) is 1.33. The Hall–Kier alpha value is -1.60. The highest BCUT2D eigenvalue weighted by atomic mass is 79.9. The van der Waals surface area contributed by atoms with Gasteiger partial charge in [-0.25, -0.2) is 9.37 Å². The van der Waals surface area contributed by atoms with E-state index in [9.17, 15) is 14.0 Å². The van der Waals surface area contributed by atoms with E-state index in [0.717, 1.165) is 17.4 Å². The minimum absolute atomic E-state index is 0.166. The third-order valence-corrected chi connectivity index (χ3v) is 3.71. The number of nitrogens with zero attached hydrogens (tertiary/aromatic N) is 1. The van der Waals surface area contributed by atoms with Gasteiger partial charge in [0.1, 0.15) is 11.5 Å². The van der Waals surface area contributed by atoms with Crippen molar-refractivity contribution in [2.45, 2.75) is 6.92 Å². The quantitative estimate of drug-likeness (QED) is 0.868. The van der Waals surface area contributed by atoms with Gasteiger partial charge in [0.25, 0.3) is 5.91 Å². The monoisotopic (exact) mass is 342 g/mol. The number of hydrogen-bond donors (Lipinski definition) is 1. The Bertz CT molecular complexity index is 657. The van der Waals surface area contributed by atoms with Crippen LogP contribution in [0.4, 0.5) is 9.52 Å². The summed E-state index contributed by atoms with van der Waals surface area (Å²) in [4.78, 5) is 27.0. The van der Waals surface area contributed by atoms with E-state index in [1.165, 1.54) is 19.1 Å². The number of rotatable bonds is 3. The number of thiazole rings is 1. The molecule has 2 aromatic rings. The minimum atomic E-state index is -0.503. The summed E-state index contributed by atoms with van der Waals surface area (Å²) in [7, 11) is 0. The third kappa shape index (κ3) is 3.24. The van der Waals surface area contributed by atoms with Crippen LogP contribution in [0.2, 0.25) is 0 Å². The SMILES string of the molecule is CC(=O)c1csc(NC(=O)c2cc(F)ccc2Br)n1. The predicted octanol–water partition coefficient (Wildman–Crippen LogP) is 3.50. The number of halogens is 2. The lowest BCUT2D eigenvalue weighted by Gasteiger charge is -2.04. The number of aromatic nitrogens is 1. The van der Waals surface area contributed by atoms with Crippen molar-refractivity contribution in [1.29, 1.82) is 0 Å². The van der Waals surface area contributed by atoms with Gasteiger partial charge in [-0.15, -0.1) is 11.3 Å². The molecule has 98 valence electrons. The van der Waals surface area contributed by atoms with E-state index >= 15 is 0 Å². The van der Waals surface area contributed by atoms with E-state index in [0.29, 0.717) is 15.3 Å². The number of anilines is 1. The smallest absolute Gasteiger partial charge is 0.258 e. The fourth-order valence-corrected chi connectivity index (χ4v) is 2.50. The fraction of sp³-hybridized carbons (Fsp3) is 0.0833. The maximum absolute atomic E-state index is 13.1. The van der Waals surface area contributed by atoms with Crippen molar-refractivity contribution in [1.82, 2.24) is 4.98 Å². The Morgan fingerprint density at radius 2 is 2.16 bits per heavy atom. The first-order valence-corrected chi connectivity index (χ1v) is 6.87. The first kappa shape index (κ1) is 13.8. The maximum Gasteiger partial charge on any atom is 0.258 e. The van der Waals surface area contributed by atoms with Crippen LogP contribution in [-0.4, -0.2) is 16.7 Å². The summed E-state index contributed by atoms with van der Waals surface area (Å²) >= 11 is 4.31. The number of benzene rings is 1. The highest BCUT2D eigenvalue weighted by Gasteiger charge is 2.14. The van der Waals surface area contributed by atoms with Crippen molar-refractivity contribution in [3.63, 3.8) is 0 Å². The van der Waals surface area contributed by atoms with Crippen molar-refractivity contribution in [3.8, 4) is 0 Å². The molecule has 2 rings (SSSR count). The number of Topliss-reactive ketones (excluding diaryl/α,β-unsaturated/α-hetero) is 1. The van der Waals surface area contributed by atoms with Crippen molar-refractivity contribution in [2.24, 2.45) is 0 Å². The Labute approximate surface area is 120 Å². The maximum atomic E-state index is 13.1. The molecule has 4 nitrogen and oxygen atoms in total. The molecule has 1 heterocycles. The predicted molar refractivity (Wildman–Crippen MR) is 74.2 cm³/mol. The van der Waals surface area contributed by atoms with Crippen LogP contribution >= 0.6 is 27.3 Å². The summed E-state index contributed by atoms with van der Waals surface area (Å²) in [5, 5.41) is 4.37. The second kappa shape index (κ2) is 5.58. The molecule has 0 saturated heterocycles. The van der Waals surface area contributed by atoms with Crippen molar-refractivity contribution < 1.29 is 14.0 Å². The van der Waals surface area contributed by atoms with Gasteiger partial charge in [0.2, 0.25) is 0 Å². The van der Waals surface area contributed by atoms with Crippen molar-refractivity contribution in [3.05, 3.63) is 45.1 Å². The summed E-state index contributed by atoms with van der Waals surface area (Å²) in [5.74, 6) is -1.17. The van der Waals surface area contributed by atoms with E-state index in [-0.39, 0.29) is 11.3 Å². The summed E-state index contributed by atoms with van der Waals surface area (Å²) in [6, 6.07) is 3.82. The summed E-state index contributed by atoms with van der Waals surface area (Å²) in [6.45, 7) is 1.39. The summed E-state index contributed by atoms with van der Waals surface area (Å²) in [6.07, 6.45) is 0. The van der Waals surface area contributed by atoms with Crippen LogP contribution in [0.3, 0.4) is 0 Å². The average molecular weight is 343 g/mol.